The SMILES string of the molecule is [2H]c1c([2H])c([2H])c2c(c1[2H])c1c([2H])c([2H])c([2H])c([2H])c1n2-c1ccc2c(c1)N(c1c(-c3ccccc3)cc(C(C)(C)C)cc1-c1cccc3c1oc1ccccc13)c1cc(C(C)(C)C)cc3c1B2c1ccc(-n2c4c([2H])c([2H])c([2H])c([2H])c4c4c([2H])c([2H])c([2H])c([2H])c42)cc1N3c1c(-c2ccccc2)cc(C(C)(C)C)cc1-c1cccc2c1oc1ccccc12. The highest BCUT2D eigenvalue weighted by atomic mass is 16.3. The topological polar surface area (TPSA) is 42.6 Å². The van der Waals surface area contributed by atoms with E-state index in [1.165, 1.54) is 0 Å². The van der Waals surface area contributed by atoms with Crippen LogP contribution in [-0.4, -0.2) is 15.8 Å². The first-order valence-electron chi connectivity index (χ1n) is 45.0. The van der Waals surface area contributed by atoms with Crippen LogP contribution < -0.4 is 26.2 Å². The first-order valence-corrected chi connectivity index (χ1v) is 37.0. The van der Waals surface area contributed by atoms with Gasteiger partial charge < -0.3 is 27.8 Å². The van der Waals surface area contributed by atoms with Gasteiger partial charge in [0.1, 0.15) is 22.3 Å². The van der Waals surface area contributed by atoms with Gasteiger partial charge in [0.25, 0.3) is 6.71 Å². The van der Waals surface area contributed by atoms with Crippen LogP contribution in [0.3, 0.4) is 0 Å². The van der Waals surface area contributed by atoms with Crippen molar-refractivity contribution in [2.24, 2.45) is 0 Å². The van der Waals surface area contributed by atoms with Crippen LogP contribution in [0.4, 0.5) is 34.1 Å². The zero-order valence-electron chi connectivity index (χ0n) is 77.5. The van der Waals surface area contributed by atoms with Crippen LogP contribution in [0.25, 0.3) is 143 Å². The molecule has 0 bridgehead atoms. The molecule has 522 valence electrons. The number of fused-ring (bicyclic) bond motifs is 16. The molecule has 2 aliphatic rings. The lowest BCUT2D eigenvalue weighted by molar-refractivity contribution is 0.590. The predicted octanol–water partition coefficient (Wildman–Crippen LogP) is 26.3. The number of benzene rings is 15. The maximum absolute atomic E-state index is 9.98. The highest BCUT2D eigenvalue weighted by molar-refractivity contribution is 7.00. The van der Waals surface area contributed by atoms with Crippen LogP contribution in [0.15, 0.2) is 324 Å². The number of para-hydroxylation sites is 8. The molecular formula is C102H79BN4O2. The van der Waals surface area contributed by atoms with Crippen LogP contribution in [-0.2, 0) is 16.2 Å². The van der Waals surface area contributed by atoms with Gasteiger partial charge in [-0.2, -0.15) is 0 Å². The lowest BCUT2D eigenvalue weighted by Crippen LogP contribution is -2.61. The number of rotatable bonds is 8. The molecular weight excluding hydrogens is 1320 g/mol. The first kappa shape index (κ1) is 49.9. The highest BCUT2D eigenvalue weighted by Gasteiger charge is 2.47. The summed E-state index contributed by atoms with van der Waals surface area (Å²) in [5.41, 5.74) is 16.7. The van der Waals surface area contributed by atoms with E-state index in [0.717, 1.165) is 88.2 Å². The number of anilines is 6. The van der Waals surface area contributed by atoms with Crippen molar-refractivity contribution >= 4 is 145 Å². The van der Waals surface area contributed by atoms with Crippen LogP contribution in [0.2, 0.25) is 0 Å². The van der Waals surface area contributed by atoms with E-state index in [0.29, 0.717) is 67.4 Å². The summed E-state index contributed by atoms with van der Waals surface area (Å²) in [4.78, 5) is 4.67. The third-order valence-electron chi connectivity index (χ3n) is 22.4. The van der Waals surface area contributed by atoms with E-state index in [-0.39, 0.29) is 55.0 Å². The lowest BCUT2D eigenvalue weighted by atomic mass is 9.33. The van der Waals surface area contributed by atoms with Gasteiger partial charge in [0, 0.05) is 111 Å². The Hall–Kier alpha value is -12.8. The number of hydrogen-bond donors (Lipinski definition) is 0. The van der Waals surface area contributed by atoms with Crippen molar-refractivity contribution < 1.29 is 30.8 Å². The van der Waals surface area contributed by atoms with E-state index >= 15 is 0 Å². The molecule has 7 heteroatoms. The summed E-state index contributed by atoms with van der Waals surface area (Å²) in [7, 11) is 0. The lowest BCUT2D eigenvalue weighted by Gasteiger charge is -2.47. The smallest absolute Gasteiger partial charge is 0.252 e. The Bertz CT molecular complexity index is 7420. The van der Waals surface area contributed by atoms with Gasteiger partial charge in [0.2, 0.25) is 0 Å². The molecule has 0 unspecified atom stereocenters. The van der Waals surface area contributed by atoms with Gasteiger partial charge in [0.05, 0.1) is 55.4 Å². The summed E-state index contributed by atoms with van der Waals surface area (Å²) < 4.78 is 171. The summed E-state index contributed by atoms with van der Waals surface area (Å²) in [6.07, 6.45) is 0. The maximum atomic E-state index is 9.98. The monoisotopic (exact) mass is 1420 g/mol. The number of aromatic nitrogens is 2. The van der Waals surface area contributed by atoms with Gasteiger partial charge in [-0.15, -0.1) is 0 Å². The van der Waals surface area contributed by atoms with Crippen LogP contribution in [0.1, 0.15) is 101 Å². The second-order valence-corrected chi connectivity index (χ2v) is 32.0. The first-order chi connectivity index (χ1) is 59.6. The van der Waals surface area contributed by atoms with Crippen molar-refractivity contribution in [3.05, 3.63) is 332 Å². The molecule has 0 radical (unpaired) electrons. The molecule has 0 saturated carbocycles. The number of hydrogen-bond acceptors (Lipinski definition) is 4. The van der Waals surface area contributed by atoms with Gasteiger partial charge in [-0.1, -0.05) is 280 Å². The van der Waals surface area contributed by atoms with E-state index in [1.807, 2.05) is 109 Å². The fraction of sp³-hybridized carbons (Fsp3) is 0.118. The molecule has 2 aliphatic heterocycles. The number of nitrogens with zero attached hydrogens (tertiary/aromatic N) is 4. The van der Waals surface area contributed by atoms with Gasteiger partial charge in [-0.25, -0.2) is 0 Å². The zero-order valence-corrected chi connectivity index (χ0v) is 61.5. The van der Waals surface area contributed by atoms with E-state index in [4.69, 9.17) is 8.83 Å². The molecule has 0 atom stereocenters. The summed E-state index contributed by atoms with van der Waals surface area (Å²) >= 11 is 0. The quantitative estimate of drug-likeness (QED) is 0.142. The second kappa shape index (κ2) is 23.8. The van der Waals surface area contributed by atoms with Crippen molar-refractivity contribution in [1.82, 2.24) is 9.13 Å². The maximum Gasteiger partial charge on any atom is 0.252 e. The van der Waals surface area contributed by atoms with Gasteiger partial charge >= 0.3 is 0 Å². The molecule has 0 amide bonds. The Morgan fingerprint density at radius 3 is 1.02 bits per heavy atom. The third kappa shape index (κ3) is 9.88. The average Bonchev–Trinajstić information content (AvgIpc) is 1.56. The highest BCUT2D eigenvalue weighted by Crippen LogP contribution is 2.57. The Morgan fingerprint density at radius 2 is 0.633 bits per heavy atom. The largest absolute Gasteiger partial charge is 0.455 e. The third-order valence-corrected chi connectivity index (χ3v) is 22.4. The van der Waals surface area contributed by atoms with Crippen molar-refractivity contribution in [2.45, 2.75) is 78.6 Å². The van der Waals surface area contributed by atoms with Crippen molar-refractivity contribution in [3.8, 4) is 55.9 Å². The molecule has 6 heterocycles. The zero-order chi connectivity index (χ0) is 87.4. The molecule has 21 rings (SSSR count). The van der Waals surface area contributed by atoms with Crippen molar-refractivity contribution in [2.75, 3.05) is 9.80 Å². The standard InChI is InChI=1S/C102H79BN4O2/c1-100(2,3)64-54-79(62-30-12-10-13-31-62)96(81(56-64)77-42-28-40-75-73-38-20-26-48-93(73)108-98(75)77)106-89-60-67(104-85-44-22-16-34-69(85)70-35-17-23-45-86(70)104)50-52-83(89)103-84-53-51-68(105-87-46-24-18-36-71(87)72-37-19-25-47-88(72)105)61-90(84)107(92-59-66(102(7,8)9)58-91(106)95(92)103)97-80(63-32-14-11-15-33-63)55-65(101(4,5)6)57-82(97)78-43-29-41-76-74-39-21-27-49-94(74)109-99(76)78/h10-61H,1-9H3/i16D,17D,18D,19D,22D,23D,24D,25D,34D,35D,36D,37D,44D,45D,46D,47D. The summed E-state index contributed by atoms with van der Waals surface area (Å²) in [6.45, 7) is 18.9. The minimum absolute atomic E-state index is 0.0680. The van der Waals surface area contributed by atoms with Crippen molar-refractivity contribution in [3.63, 3.8) is 0 Å². The molecule has 0 N–H and O–H groups in total. The molecule has 15 aromatic carbocycles. The van der Waals surface area contributed by atoms with Crippen LogP contribution in [0.5, 0.6) is 0 Å². The molecule has 4 aromatic heterocycles. The Balaban J connectivity index is 0.997. The van der Waals surface area contributed by atoms with Gasteiger partial charge in [0.15, 0.2) is 0 Å². The van der Waals surface area contributed by atoms with E-state index < -0.39 is 120 Å². The van der Waals surface area contributed by atoms with E-state index in [2.05, 4.69) is 181 Å². The van der Waals surface area contributed by atoms with E-state index in [1.54, 1.807) is 9.13 Å². The van der Waals surface area contributed by atoms with E-state index in [9.17, 15) is 21.9 Å². The second-order valence-electron chi connectivity index (χ2n) is 32.0. The number of furan rings is 2. The molecule has 0 spiro atoms. The summed E-state index contributed by atoms with van der Waals surface area (Å²) in [6, 6.07) is 66.0. The van der Waals surface area contributed by atoms with Crippen LogP contribution in [0, 0.1) is 0 Å². The summed E-state index contributed by atoms with van der Waals surface area (Å²) in [5.74, 6) is 0. The Morgan fingerprint density at radius 1 is 0.294 bits per heavy atom. The van der Waals surface area contributed by atoms with Gasteiger partial charge in [-0.3, -0.25) is 0 Å². The molecule has 19 aromatic rings. The van der Waals surface area contributed by atoms with Gasteiger partial charge in [-0.05, 0) is 157 Å². The summed E-state index contributed by atoms with van der Waals surface area (Å²) in [5, 5.41) is 3.25. The Kier molecular flexibility index (Phi) is 10.9. The average molecular weight is 1420 g/mol. The minimum Gasteiger partial charge on any atom is -0.455 e. The van der Waals surface area contributed by atoms with Crippen LogP contribution >= 0.6 is 0 Å². The fourth-order valence-electron chi connectivity index (χ4n) is 17.1. The molecule has 0 fully saturated rings. The molecule has 0 aliphatic carbocycles. The fourth-order valence-corrected chi connectivity index (χ4v) is 17.1. The predicted molar refractivity (Wildman–Crippen MR) is 462 cm³/mol. The molecule has 109 heavy (non-hydrogen) atoms. The Labute approximate surface area is 657 Å². The minimum atomic E-state index is -0.831. The normalized spacial score (nSPS) is 15.2. The molecule has 6 nitrogen and oxygen atoms in total. The molecule has 0 saturated heterocycles. The van der Waals surface area contributed by atoms with Crippen molar-refractivity contribution in [1.29, 1.82) is 0 Å².